The molecule has 0 fully saturated rings. The molecule has 17 heavy (non-hydrogen) atoms. The Morgan fingerprint density at radius 1 is 1.29 bits per heavy atom. The zero-order valence-electron chi connectivity index (χ0n) is 11.2. The van der Waals surface area contributed by atoms with Gasteiger partial charge in [-0.25, -0.2) is 0 Å². The highest BCUT2D eigenvalue weighted by atomic mass is 16.2. The summed E-state index contributed by atoms with van der Waals surface area (Å²) in [4.78, 5) is 13.7. The molecule has 0 radical (unpaired) electrons. The molecule has 1 aliphatic rings. The van der Waals surface area contributed by atoms with Gasteiger partial charge in [0.15, 0.2) is 0 Å². The van der Waals surface area contributed by atoms with E-state index in [1.165, 1.54) is 5.56 Å². The van der Waals surface area contributed by atoms with E-state index < -0.39 is 0 Å². The van der Waals surface area contributed by atoms with Crippen molar-refractivity contribution in [2.75, 3.05) is 19.0 Å². The molecule has 1 heterocycles. The minimum atomic E-state index is -0.197. The van der Waals surface area contributed by atoms with Gasteiger partial charge >= 0.3 is 0 Å². The molecule has 1 amide bonds. The molecule has 0 spiro atoms. The van der Waals surface area contributed by atoms with Crippen LogP contribution in [0.2, 0.25) is 0 Å². The van der Waals surface area contributed by atoms with Crippen molar-refractivity contribution >= 4 is 11.6 Å². The van der Waals surface area contributed by atoms with Crippen molar-refractivity contribution in [3.8, 4) is 0 Å². The fraction of sp³-hybridized carbons (Fsp3) is 0.500. The van der Waals surface area contributed by atoms with Crippen molar-refractivity contribution in [2.45, 2.75) is 32.2 Å². The molecule has 1 aromatic carbocycles. The average Bonchev–Trinajstić information content (AvgIpc) is 2.50. The Kier molecular flexibility index (Phi) is 2.74. The summed E-state index contributed by atoms with van der Waals surface area (Å²) in [6.07, 6.45) is 0. The van der Waals surface area contributed by atoms with E-state index in [4.69, 9.17) is 0 Å². The number of fused-ring (bicyclic) bond motifs is 1. The van der Waals surface area contributed by atoms with Gasteiger partial charge in [0.05, 0.1) is 0 Å². The Balaban J connectivity index is 2.53. The zero-order chi connectivity index (χ0) is 12.8. The molecule has 1 unspecified atom stereocenters. The van der Waals surface area contributed by atoms with Gasteiger partial charge in [0.2, 0.25) is 5.91 Å². The standard InChI is InChI=1S/C14H20N2O/c1-14(2,3)9-6-7-11-10(8-9)12(15-4)13(17)16(11)5/h6-8,12,15H,1-5H3. The lowest BCUT2D eigenvalue weighted by Crippen LogP contribution is -2.30. The lowest BCUT2D eigenvalue weighted by atomic mass is 9.85. The van der Waals surface area contributed by atoms with Crippen LogP contribution in [0.5, 0.6) is 0 Å². The highest BCUT2D eigenvalue weighted by Crippen LogP contribution is 2.37. The average molecular weight is 232 g/mol. The lowest BCUT2D eigenvalue weighted by Gasteiger charge is -2.20. The number of hydrogen-bond donors (Lipinski definition) is 1. The third-order valence-electron chi connectivity index (χ3n) is 3.43. The first-order chi connectivity index (χ1) is 7.86. The van der Waals surface area contributed by atoms with E-state index >= 15 is 0 Å². The van der Waals surface area contributed by atoms with E-state index in [1.54, 1.807) is 4.90 Å². The van der Waals surface area contributed by atoms with Crippen LogP contribution >= 0.6 is 0 Å². The van der Waals surface area contributed by atoms with Crippen molar-refractivity contribution in [1.29, 1.82) is 0 Å². The van der Waals surface area contributed by atoms with E-state index in [2.05, 4.69) is 38.2 Å². The summed E-state index contributed by atoms with van der Waals surface area (Å²) >= 11 is 0. The van der Waals surface area contributed by atoms with E-state index in [0.717, 1.165) is 11.3 Å². The van der Waals surface area contributed by atoms with Crippen LogP contribution in [0.3, 0.4) is 0 Å². The van der Waals surface area contributed by atoms with Crippen molar-refractivity contribution < 1.29 is 4.79 Å². The van der Waals surface area contributed by atoms with Gasteiger partial charge in [-0.1, -0.05) is 32.9 Å². The fourth-order valence-corrected chi connectivity index (χ4v) is 2.28. The minimum Gasteiger partial charge on any atom is -0.313 e. The first-order valence-corrected chi connectivity index (χ1v) is 5.95. The molecule has 3 nitrogen and oxygen atoms in total. The predicted molar refractivity (Wildman–Crippen MR) is 70.4 cm³/mol. The van der Waals surface area contributed by atoms with Crippen molar-refractivity contribution in [3.63, 3.8) is 0 Å². The molecule has 0 aromatic heterocycles. The largest absolute Gasteiger partial charge is 0.313 e. The molecule has 0 aliphatic carbocycles. The summed E-state index contributed by atoms with van der Waals surface area (Å²) in [5.41, 5.74) is 3.48. The highest BCUT2D eigenvalue weighted by Gasteiger charge is 2.34. The monoisotopic (exact) mass is 232 g/mol. The Hall–Kier alpha value is -1.35. The second-order valence-electron chi connectivity index (χ2n) is 5.64. The van der Waals surface area contributed by atoms with Crippen LogP contribution in [-0.4, -0.2) is 20.0 Å². The molecule has 1 aliphatic heterocycles. The quantitative estimate of drug-likeness (QED) is 0.805. The Labute approximate surface area is 103 Å². The smallest absolute Gasteiger partial charge is 0.248 e. The molecule has 1 atom stereocenters. The molecule has 0 saturated carbocycles. The number of nitrogens with zero attached hydrogens (tertiary/aromatic N) is 1. The third kappa shape index (κ3) is 1.84. The highest BCUT2D eigenvalue weighted by molar-refractivity contribution is 6.04. The van der Waals surface area contributed by atoms with Crippen LogP contribution in [0, 0.1) is 0 Å². The lowest BCUT2D eigenvalue weighted by molar-refractivity contribution is -0.119. The van der Waals surface area contributed by atoms with E-state index in [0.29, 0.717) is 0 Å². The number of carbonyl (C=O) groups excluding carboxylic acids is 1. The summed E-state index contributed by atoms with van der Waals surface area (Å²) in [7, 11) is 3.66. The van der Waals surface area contributed by atoms with Crippen LogP contribution in [-0.2, 0) is 10.2 Å². The Bertz CT molecular complexity index is 460. The normalized spacial score (nSPS) is 19.7. The van der Waals surface area contributed by atoms with Gasteiger partial charge in [-0.2, -0.15) is 0 Å². The number of rotatable bonds is 1. The van der Waals surface area contributed by atoms with Gasteiger partial charge in [0, 0.05) is 18.3 Å². The minimum absolute atomic E-state index is 0.109. The van der Waals surface area contributed by atoms with Gasteiger partial charge in [0.1, 0.15) is 6.04 Å². The second kappa shape index (κ2) is 3.84. The maximum Gasteiger partial charge on any atom is 0.248 e. The fourth-order valence-electron chi connectivity index (χ4n) is 2.28. The summed E-state index contributed by atoms with van der Waals surface area (Å²) < 4.78 is 0. The van der Waals surface area contributed by atoms with Gasteiger partial charge in [-0.3, -0.25) is 4.79 Å². The second-order valence-corrected chi connectivity index (χ2v) is 5.64. The number of hydrogen-bond acceptors (Lipinski definition) is 2. The summed E-state index contributed by atoms with van der Waals surface area (Å²) in [5.74, 6) is 0.119. The van der Waals surface area contributed by atoms with Gasteiger partial charge in [-0.05, 0) is 24.1 Å². The van der Waals surface area contributed by atoms with Gasteiger partial charge in [-0.15, -0.1) is 0 Å². The van der Waals surface area contributed by atoms with Crippen LogP contribution in [0.4, 0.5) is 5.69 Å². The number of amides is 1. The predicted octanol–water partition coefficient (Wildman–Crippen LogP) is 2.22. The zero-order valence-corrected chi connectivity index (χ0v) is 11.2. The van der Waals surface area contributed by atoms with Gasteiger partial charge in [0.25, 0.3) is 0 Å². The SMILES string of the molecule is CNC1C(=O)N(C)c2ccc(C(C)(C)C)cc21. The molecule has 1 N–H and O–H groups in total. The van der Waals surface area contributed by atoms with Crippen molar-refractivity contribution in [2.24, 2.45) is 0 Å². The van der Waals surface area contributed by atoms with E-state index in [1.807, 2.05) is 20.2 Å². The third-order valence-corrected chi connectivity index (χ3v) is 3.43. The maximum atomic E-state index is 12.0. The number of nitrogens with one attached hydrogen (secondary N) is 1. The number of benzene rings is 1. The molecular formula is C14H20N2O. The molecule has 0 saturated heterocycles. The molecular weight excluding hydrogens is 212 g/mol. The van der Waals surface area contributed by atoms with Crippen LogP contribution in [0.1, 0.15) is 37.9 Å². The first-order valence-electron chi connectivity index (χ1n) is 5.95. The summed E-state index contributed by atoms with van der Waals surface area (Å²) in [5, 5.41) is 3.09. The molecule has 92 valence electrons. The first kappa shape index (κ1) is 12.1. The van der Waals surface area contributed by atoms with Crippen LogP contribution < -0.4 is 10.2 Å². The summed E-state index contributed by atoms with van der Waals surface area (Å²) in [6.45, 7) is 6.55. The number of anilines is 1. The van der Waals surface area contributed by atoms with E-state index in [9.17, 15) is 4.79 Å². The van der Waals surface area contributed by atoms with E-state index in [-0.39, 0.29) is 17.4 Å². The molecule has 2 rings (SSSR count). The Morgan fingerprint density at radius 3 is 2.47 bits per heavy atom. The maximum absolute atomic E-state index is 12.0. The van der Waals surface area contributed by atoms with Crippen LogP contribution in [0.15, 0.2) is 18.2 Å². The molecule has 3 heteroatoms. The number of likely N-dealkylation sites (N-methyl/N-ethyl adjacent to an activating group) is 2. The Morgan fingerprint density at radius 2 is 1.94 bits per heavy atom. The van der Waals surface area contributed by atoms with Crippen molar-refractivity contribution in [1.82, 2.24) is 5.32 Å². The van der Waals surface area contributed by atoms with Gasteiger partial charge < -0.3 is 10.2 Å². The topological polar surface area (TPSA) is 32.3 Å². The van der Waals surface area contributed by atoms with Crippen molar-refractivity contribution in [3.05, 3.63) is 29.3 Å². The van der Waals surface area contributed by atoms with Crippen LogP contribution in [0.25, 0.3) is 0 Å². The summed E-state index contributed by atoms with van der Waals surface area (Å²) in [6, 6.07) is 6.11. The number of carbonyl (C=O) groups is 1. The molecule has 0 bridgehead atoms. The molecule has 1 aromatic rings.